The monoisotopic (exact) mass is 417 g/mol. The van der Waals surface area contributed by atoms with E-state index in [-0.39, 0.29) is 34.9 Å². The summed E-state index contributed by atoms with van der Waals surface area (Å²) in [6, 6.07) is 10.2. The predicted octanol–water partition coefficient (Wildman–Crippen LogP) is 3.58. The van der Waals surface area contributed by atoms with Crippen LogP contribution < -0.4 is 11.1 Å². The number of benzene rings is 2. The van der Waals surface area contributed by atoms with Crippen molar-refractivity contribution < 1.29 is 13.6 Å². The van der Waals surface area contributed by atoms with Gasteiger partial charge < -0.3 is 15.5 Å². The van der Waals surface area contributed by atoms with Crippen LogP contribution in [-0.2, 0) is 0 Å². The highest BCUT2D eigenvalue weighted by atomic mass is 19.1. The van der Waals surface area contributed by atoms with Crippen molar-refractivity contribution in [2.75, 3.05) is 0 Å². The molecule has 156 valence electrons. The first-order chi connectivity index (χ1) is 14.8. The van der Waals surface area contributed by atoms with Gasteiger partial charge in [0.1, 0.15) is 11.9 Å². The molecule has 3 N–H and O–H groups in total. The third-order valence-corrected chi connectivity index (χ3v) is 4.42. The lowest BCUT2D eigenvalue weighted by molar-refractivity contribution is 0.0948. The predicted molar refractivity (Wildman–Crippen MR) is 113 cm³/mol. The second-order valence-corrected chi connectivity index (χ2v) is 6.90. The summed E-state index contributed by atoms with van der Waals surface area (Å²) in [5, 5.41) is 20.1. The molecule has 3 rings (SSSR count). The summed E-state index contributed by atoms with van der Waals surface area (Å²) in [5.41, 5.74) is 7.16. The average Bonchev–Trinajstić information content (AvgIpc) is 3.24. The fourth-order valence-corrected chi connectivity index (χ4v) is 2.98. The molecule has 31 heavy (non-hydrogen) atoms. The molecular formula is C23H20FN5O2. The number of halogens is 1. The Morgan fingerprint density at radius 3 is 2.61 bits per heavy atom. The maximum atomic E-state index is 14.2. The van der Waals surface area contributed by atoms with Crippen LogP contribution in [0.25, 0.3) is 22.6 Å². The fraction of sp³-hybridized carbons (Fsp3) is 0.217. The van der Waals surface area contributed by atoms with Crippen LogP contribution in [0.1, 0.15) is 48.6 Å². The summed E-state index contributed by atoms with van der Waals surface area (Å²) in [6.07, 6.45) is 0. The third kappa shape index (κ3) is 4.77. The van der Waals surface area contributed by atoms with Crippen LogP contribution in [0, 0.1) is 29.0 Å². The van der Waals surface area contributed by atoms with Crippen LogP contribution in [-0.4, -0.2) is 22.1 Å². The topological polar surface area (TPSA) is 118 Å². The summed E-state index contributed by atoms with van der Waals surface area (Å²) < 4.78 is 19.8. The Labute approximate surface area is 179 Å². The Kier molecular flexibility index (Phi) is 6.44. The van der Waals surface area contributed by atoms with Gasteiger partial charge in [-0.3, -0.25) is 4.79 Å². The number of carbonyl (C=O) groups excluding carboxylic acids is 1. The van der Waals surface area contributed by atoms with Crippen LogP contribution in [0.4, 0.5) is 4.39 Å². The normalized spacial score (nSPS) is 12.3. The van der Waals surface area contributed by atoms with Gasteiger partial charge in [0.15, 0.2) is 0 Å². The van der Waals surface area contributed by atoms with Gasteiger partial charge in [0, 0.05) is 16.7 Å². The van der Waals surface area contributed by atoms with E-state index >= 15 is 0 Å². The van der Waals surface area contributed by atoms with Crippen molar-refractivity contribution in [3.8, 4) is 40.5 Å². The number of aromatic nitrogens is 2. The third-order valence-electron chi connectivity index (χ3n) is 4.42. The molecule has 3 aromatic rings. The summed E-state index contributed by atoms with van der Waals surface area (Å²) in [7, 11) is 0. The van der Waals surface area contributed by atoms with E-state index in [2.05, 4.69) is 27.4 Å². The van der Waals surface area contributed by atoms with Gasteiger partial charge in [0.25, 0.3) is 5.91 Å². The number of hydrogen-bond acceptors (Lipinski definition) is 6. The first-order valence-corrected chi connectivity index (χ1v) is 9.50. The highest BCUT2D eigenvalue weighted by molar-refractivity contribution is 5.97. The number of rotatable bonds is 5. The van der Waals surface area contributed by atoms with E-state index in [1.54, 1.807) is 45.0 Å². The van der Waals surface area contributed by atoms with Gasteiger partial charge in [-0.05, 0) is 50.6 Å². The summed E-state index contributed by atoms with van der Waals surface area (Å²) in [6.45, 7) is 5.14. The fourth-order valence-electron chi connectivity index (χ4n) is 2.98. The van der Waals surface area contributed by atoms with Crippen LogP contribution in [0.2, 0.25) is 0 Å². The number of nitrogens with two attached hydrogens (primary N) is 1. The molecule has 0 unspecified atom stereocenters. The van der Waals surface area contributed by atoms with Gasteiger partial charge in [0.05, 0.1) is 17.6 Å². The SMILES string of the molecule is CC#C[C@@H](C)NC(=O)c1cc(-c2nnc([C@H](C)N)o2)cc(-c2cccc(F)c2C#N)c1. The zero-order valence-electron chi connectivity index (χ0n) is 17.2. The molecule has 1 aromatic heterocycles. The lowest BCUT2D eigenvalue weighted by Gasteiger charge is -2.12. The van der Waals surface area contributed by atoms with E-state index in [1.165, 1.54) is 12.1 Å². The van der Waals surface area contributed by atoms with E-state index in [4.69, 9.17) is 10.2 Å². The smallest absolute Gasteiger partial charge is 0.252 e. The molecule has 0 saturated heterocycles. The van der Waals surface area contributed by atoms with Crippen molar-refractivity contribution >= 4 is 5.91 Å². The number of carbonyl (C=O) groups is 1. The second kappa shape index (κ2) is 9.21. The van der Waals surface area contributed by atoms with Gasteiger partial charge in [-0.1, -0.05) is 18.1 Å². The quantitative estimate of drug-likeness (QED) is 0.613. The zero-order valence-corrected chi connectivity index (χ0v) is 17.2. The molecule has 0 fully saturated rings. The van der Waals surface area contributed by atoms with Crippen LogP contribution in [0.15, 0.2) is 40.8 Å². The highest BCUT2D eigenvalue weighted by Gasteiger charge is 2.18. The minimum Gasteiger partial charge on any atom is -0.419 e. The molecule has 2 aromatic carbocycles. The van der Waals surface area contributed by atoms with E-state index in [0.717, 1.165) is 0 Å². The molecule has 0 aliphatic carbocycles. The maximum Gasteiger partial charge on any atom is 0.252 e. The Morgan fingerprint density at radius 1 is 1.23 bits per heavy atom. The van der Waals surface area contributed by atoms with E-state index in [1.807, 2.05) is 6.07 Å². The summed E-state index contributed by atoms with van der Waals surface area (Å²) in [5.74, 6) is 4.95. The zero-order chi connectivity index (χ0) is 22.5. The van der Waals surface area contributed by atoms with Crippen LogP contribution >= 0.6 is 0 Å². The lowest BCUT2D eigenvalue weighted by atomic mass is 9.95. The molecule has 1 heterocycles. The van der Waals surface area contributed by atoms with Crippen molar-refractivity contribution in [2.24, 2.45) is 5.73 Å². The largest absolute Gasteiger partial charge is 0.419 e. The van der Waals surface area contributed by atoms with Crippen LogP contribution in [0.5, 0.6) is 0 Å². The maximum absolute atomic E-state index is 14.2. The second-order valence-electron chi connectivity index (χ2n) is 6.90. The molecule has 7 nitrogen and oxygen atoms in total. The Morgan fingerprint density at radius 2 is 1.97 bits per heavy atom. The minimum absolute atomic E-state index is 0.127. The minimum atomic E-state index is -0.653. The first kappa shape index (κ1) is 21.7. The Bertz CT molecular complexity index is 1230. The molecule has 2 atom stereocenters. The molecule has 0 bridgehead atoms. The van der Waals surface area contributed by atoms with E-state index in [0.29, 0.717) is 16.7 Å². The number of hydrogen-bond donors (Lipinski definition) is 2. The number of nitriles is 1. The highest BCUT2D eigenvalue weighted by Crippen LogP contribution is 2.31. The van der Waals surface area contributed by atoms with Crippen molar-refractivity contribution in [1.29, 1.82) is 5.26 Å². The molecule has 0 aliphatic heterocycles. The molecule has 1 amide bonds. The van der Waals surface area contributed by atoms with E-state index < -0.39 is 11.9 Å². The molecule has 0 aliphatic rings. The molecule has 0 spiro atoms. The van der Waals surface area contributed by atoms with Gasteiger partial charge in [-0.15, -0.1) is 16.1 Å². The number of amides is 1. The summed E-state index contributed by atoms with van der Waals surface area (Å²) >= 11 is 0. The van der Waals surface area contributed by atoms with Crippen LogP contribution in [0.3, 0.4) is 0 Å². The Balaban J connectivity index is 2.16. The van der Waals surface area contributed by atoms with Gasteiger partial charge in [0.2, 0.25) is 11.8 Å². The lowest BCUT2D eigenvalue weighted by Crippen LogP contribution is -2.31. The van der Waals surface area contributed by atoms with Crippen molar-refractivity contribution in [2.45, 2.75) is 32.9 Å². The molecular weight excluding hydrogens is 397 g/mol. The summed E-state index contributed by atoms with van der Waals surface area (Å²) in [4.78, 5) is 12.8. The molecule has 0 radical (unpaired) electrons. The average molecular weight is 417 g/mol. The van der Waals surface area contributed by atoms with Gasteiger partial charge in [-0.2, -0.15) is 5.26 Å². The van der Waals surface area contributed by atoms with Gasteiger partial charge in [-0.25, -0.2) is 4.39 Å². The van der Waals surface area contributed by atoms with Gasteiger partial charge >= 0.3 is 0 Å². The van der Waals surface area contributed by atoms with Crippen molar-refractivity contribution in [3.63, 3.8) is 0 Å². The van der Waals surface area contributed by atoms with Crippen molar-refractivity contribution in [3.05, 3.63) is 59.2 Å². The first-order valence-electron chi connectivity index (χ1n) is 9.50. The molecule has 0 saturated carbocycles. The molecule has 8 heteroatoms. The standard InChI is InChI=1S/C23H20FN5O2/c1-4-6-13(2)27-21(30)16-9-15(18-7-5-8-20(24)19(18)12-25)10-17(11-16)23-29-28-22(31-23)14(3)26/h5,7-11,13-14H,26H2,1-3H3,(H,27,30)/t13-,14+/m1/s1. The van der Waals surface area contributed by atoms with E-state index in [9.17, 15) is 14.4 Å². The Hall–Kier alpha value is -4.01. The van der Waals surface area contributed by atoms with Crippen molar-refractivity contribution in [1.82, 2.24) is 15.5 Å². The number of nitrogens with zero attached hydrogens (tertiary/aromatic N) is 3. The number of nitrogens with one attached hydrogen (secondary N) is 1.